The van der Waals surface area contributed by atoms with E-state index in [1.165, 1.54) is 38.5 Å². The first-order valence-corrected chi connectivity index (χ1v) is 10.1. The summed E-state index contributed by atoms with van der Waals surface area (Å²) in [7, 11) is -0.288. The Kier molecular flexibility index (Phi) is 12.3. The maximum absolute atomic E-state index is 11.4. The van der Waals surface area contributed by atoms with Crippen LogP contribution in [-0.4, -0.2) is 63.8 Å². The second-order valence-electron chi connectivity index (χ2n) is 6.72. The van der Waals surface area contributed by atoms with Crippen LogP contribution in [0.15, 0.2) is 0 Å². The van der Waals surface area contributed by atoms with E-state index in [1.54, 1.807) is 0 Å². The maximum atomic E-state index is 11.4. The van der Waals surface area contributed by atoms with Gasteiger partial charge >= 0.3 is 16.4 Å². The van der Waals surface area contributed by atoms with E-state index in [0.717, 1.165) is 17.4 Å². The Balaban J connectivity index is 3.66. The van der Waals surface area contributed by atoms with Crippen molar-refractivity contribution in [3.63, 3.8) is 0 Å². The number of esters is 1. The molecule has 0 aliphatic heterocycles. The quantitative estimate of drug-likeness (QED) is 0.207. The first-order chi connectivity index (χ1) is 11.2. The molecule has 0 heterocycles. The Bertz CT molecular complexity index is 436. The molecule has 0 fully saturated rings. The maximum Gasteiger partial charge on any atom is 0.397 e. The molecule has 0 bridgehead atoms. The van der Waals surface area contributed by atoms with Crippen molar-refractivity contribution >= 4 is 16.4 Å². The third-order valence-electron chi connectivity index (χ3n) is 3.87. The van der Waals surface area contributed by atoms with Gasteiger partial charge in [0.1, 0.15) is 13.2 Å². The number of carbonyl (C=O) groups excluding carboxylic acids is 1. The summed E-state index contributed by atoms with van der Waals surface area (Å²) in [5.41, 5.74) is 0. The van der Waals surface area contributed by atoms with Gasteiger partial charge in [0.15, 0.2) is 0 Å². The predicted molar refractivity (Wildman–Crippen MR) is 92.9 cm³/mol. The fraction of sp³-hybridized carbons (Fsp3) is 0.938. The zero-order chi connectivity index (χ0) is 18.5. The summed E-state index contributed by atoms with van der Waals surface area (Å²) in [6.45, 7) is 3.84. The van der Waals surface area contributed by atoms with E-state index in [4.69, 9.17) is 9.29 Å². The second kappa shape index (κ2) is 12.6. The van der Waals surface area contributed by atoms with Gasteiger partial charge in [0.05, 0.1) is 33.7 Å². The van der Waals surface area contributed by atoms with E-state index in [1.807, 2.05) is 0 Å². The lowest BCUT2D eigenvalue weighted by molar-refractivity contribution is -0.890. The molecule has 0 atom stereocenters. The van der Waals surface area contributed by atoms with Crippen LogP contribution in [0.25, 0.3) is 0 Å². The van der Waals surface area contributed by atoms with Crippen LogP contribution in [0.4, 0.5) is 0 Å². The highest BCUT2D eigenvalue weighted by Gasteiger charge is 2.16. The number of unbranched alkanes of at least 4 members (excludes halogenated alkanes) is 6. The van der Waals surface area contributed by atoms with E-state index >= 15 is 0 Å². The lowest BCUT2D eigenvalue weighted by Gasteiger charge is -2.29. The number of carbonyl (C=O) groups is 1. The Morgan fingerprint density at radius 2 is 1.54 bits per heavy atom. The molecule has 0 radical (unpaired) electrons. The normalized spacial score (nSPS) is 12.3. The van der Waals surface area contributed by atoms with Crippen molar-refractivity contribution in [2.24, 2.45) is 0 Å². The van der Waals surface area contributed by atoms with Gasteiger partial charge in [-0.3, -0.25) is 9.35 Å². The topological polar surface area (TPSA) is 89.9 Å². The van der Waals surface area contributed by atoms with Crippen LogP contribution in [0, 0.1) is 0 Å². The minimum absolute atomic E-state index is 0.203. The summed E-state index contributed by atoms with van der Waals surface area (Å²) in [4.78, 5) is 11.4. The van der Waals surface area contributed by atoms with E-state index in [-0.39, 0.29) is 13.0 Å². The Morgan fingerprint density at radius 3 is 2.12 bits per heavy atom. The van der Waals surface area contributed by atoms with Gasteiger partial charge < -0.3 is 9.22 Å². The fourth-order valence-electron chi connectivity index (χ4n) is 2.32. The van der Waals surface area contributed by atoms with Crippen molar-refractivity contribution in [2.75, 3.05) is 40.4 Å². The van der Waals surface area contributed by atoms with Crippen LogP contribution in [0.1, 0.15) is 58.3 Å². The van der Waals surface area contributed by atoms with E-state index in [0.29, 0.717) is 6.54 Å². The summed E-state index contributed by atoms with van der Waals surface area (Å²) in [6, 6.07) is 0. The standard InChI is InChI=1S/C16H33NO6S/c1-4-5-6-7-8-9-10-12-17(2,3)13-15-22-16(18)11-14-23-24(19,20)21/h4-15H2,1-3H3/p+1. The van der Waals surface area contributed by atoms with Crippen LogP contribution in [0.2, 0.25) is 0 Å². The molecule has 0 aliphatic rings. The van der Waals surface area contributed by atoms with Crippen molar-refractivity contribution in [2.45, 2.75) is 58.3 Å². The third kappa shape index (κ3) is 16.2. The van der Waals surface area contributed by atoms with Crippen molar-refractivity contribution in [1.29, 1.82) is 0 Å². The van der Waals surface area contributed by atoms with Crippen molar-refractivity contribution in [3.05, 3.63) is 0 Å². The molecule has 24 heavy (non-hydrogen) atoms. The van der Waals surface area contributed by atoms with Crippen molar-refractivity contribution < 1.29 is 31.2 Å². The fourth-order valence-corrected chi connectivity index (χ4v) is 2.61. The van der Waals surface area contributed by atoms with Crippen LogP contribution in [-0.2, 0) is 24.1 Å². The molecule has 0 amide bonds. The van der Waals surface area contributed by atoms with Gasteiger partial charge in [0, 0.05) is 0 Å². The molecule has 0 saturated heterocycles. The highest BCUT2D eigenvalue weighted by atomic mass is 32.3. The number of quaternary nitrogens is 1. The minimum Gasteiger partial charge on any atom is -0.460 e. The Hall–Kier alpha value is -0.700. The van der Waals surface area contributed by atoms with Crippen molar-refractivity contribution in [1.82, 2.24) is 0 Å². The summed E-state index contributed by atoms with van der Waals surface area (Å²) >= 11 is 0. The van der Waals surface area contributed by atoms with Crippen LogP contribution in [0.5, 0.6) is 0 Å². The SMILES string of the molecule is CCCCCCCCC[N+](C)(C)CCOC(=O)CCOS(=O)(=O)O. The number of nitrogens with zero attached hydrogens (tertiary/aromatic N) is 1. The van der Waals surface area contributed by atoms with E-state index in [9.17, 15) is 13.2 Å². The summed E-state index contributed by atoms with van der Waals surface area (Å²) < 4.78 is 38.9. The zero-order valence-electron chi connectivity index (χ0n) is 15.3. The highest BCUT2D eigenvalue weighted by molar-refractivity contribution is 7.80. The first kappa shape index (κ1) is 23.3. The molecule has 8 heteroatoms. The van der Waals surface area contributed by atoms with Gasteiger partial charge in [-0.1, -0.05) is 39.0 Å². The van der Waals surface area contributed by atoms with Gasteiger partial charge in [-0.2, -0.15) is 8.42 Å². The second-order valence-corrected chi connectivity index (χ2v) is 7.82. The minimum atomic E-state index is -4.49. The average Bonchev–Trinajstić information content (AvgIpc) is 2.44. The van der Waals surface area contributed by atoms with Crippen LogP contribution < -0.4 is 0 Å². The molecule has 0 aromatic rings. The Morgan fingerprint density at radius 1 is 0.958 bits per heavy atom. The average molecular weight is 369 g/mol. The molecule has 0 saturated carbocycles. The smallest absolute Gasteiger partial charge is 0.397 e. The molecule has 0 aromatic heterocycles. The zero-order valence-corrected chi connectivity index (χ0v) is 16.1. The summed E-state index contributed by atoms with van der Waals surface area (Å²) in [5, 5.41) is 0. The lowest BCUT2D eigenvalue weighted by Crippen LogP contribution is -2.43. The monoisotopic (exact) mass is 368 g/mol. The summed E-state index contributed by atoms with van der Waals surface area (Å²) in [6.07, 6.45) is 8.70. The Labute approximate surface area is 146 Å². The van der Waals surface area contributed by atoms with Crippen LogP contribution in [0.3, 0.4) is 0 Å². The predicted octanol–water partition coefficient (Wildman–Crippen LogP) is 2.57. The van der Waals surface area contributed by atoms with Gasteiger partial charge in [-0.25, -0.2) is 4.18 Å². The largest absolute Gasteiger partial charge is 0.460 e. The number of likely N-dealkylation sites (N-methyl/N-ethyl adjacent to an activating group) is 1. The molecule has 0 aromatic carbocycles. The van der Waals surface area contributed by atoms with E-state index < -0.39 is 23.0 Å². The van der Waals surface area contributed by atoms with Gasteiger partial charge in [-0.05, 0) is 12.8 Å². The first-order valence-electron chi connectivity index (χ1n) is 8.76. The van der Waals surface area contributed by atoms with Gasteiger partial charge in [0.2, 0.25) is 0 Å². The molecule has 144 valence electrons. The molecule has 7 nitrogen and oxygen atoms in total. The van der Waals surface area contributed by atoms with E-state index in [2.05, 4.69) is 25.2 Å². The third-order valence-corrected chi connectivity index (χ3v) is 4.33. The molecule has 0 rings (SSSR count). The highest BCUT2D eigenvalue weighted by Crippen LogP contribution is 2.09. The molecular formula is C16H34NO6S+. The summed E-state index contributed by atoms with van der Waals surface area (Å²) in [5.74, 6) is -0.533. The molecule has 0 spiro atoms. The molecule has 1 N–H and O–H groups in total. The molecular weight excluding hydrogens is 334 g/mol. The van der Waals surface area contributed by atoms with Crippen molar-refractivity contribution in [3.8, 4) is 0 Å². The molecule has 0 unspecified atom stereocenters. The lowest BCUT2D eigenvalue weighted by atomic mass is 10.1. The molecule has 0 aliphatic carbocycles. The number of rotatable bonds is 15. The van der Waals surface area contributed by atoms with Crippen LogP contribution >= 0.6 is 0 Å². The number of hydrogen-bond donors (Lipinski definition) is 1. The number of hydrogen-bond acceptors (Lipinski definition) is 5. The van der Waals surface area contributed by atoms with Gasteiger partial charge in [-0.15, -0.1) is 0 Å². The van der Waals surface area contributed by atoms with Gasteiger partial charge in [0.25, 0.3) is 0 Å². The number of ether oxygens (including phenoxy) is 1.